The molecular weight excluding hydrogens is 324 g/mol. The number of para-hydroxylation sites is 1. The first-order valence-electron chi connectivity index (χ1n) is 8.39. The van der Waals surface area contributed by atoms with E-state index in [0.29, 0.717) is 5.39 Å². The van der Waals surface area contributed by atoms with E-state index >= 15 is 0 Å². The van der Waals surface area contributed by atoms with Crippen molar-refractivity contribution in [3.8, 4) is 11.1 Å². The second-order valence-corrected chi connectivity index (χ2v) is 6.37. The van der Waals surface area contributed by atoms with Crippen LogP contribution >= 0.6 is 0 Å². The molecule has 0 bridgehead atoms. The molecule has 124 valence electrons. The molecular formula is C22H14N2O2. The lowest BCUT2D eigenvalue weighted by Gasteiger charge is -2.08. The number of nitrogens with zero attached hydrogens (tertiary/aromatic N) is 1. The highest BCUT2D eigenvalue weighted by molar-refractivity contribution is 6.10. The SMILES string of the molecule is O=[N+]([O-])c1cccc2cccc(-c3ccc4[nH]c5ccccc5c4c3)c12. The standard InChI is InChI=1S/C22H14N2O2/c25-24(26)21-10-4-6-14-5-3-8-16(22(14)21)15-11-12-20-18(13-15)17-7-1-2-9-19(17)23-20/h1-13,23H. The van der Waals surface area contributed by atoms with Gasteiger partial charge in [-0.2, -0.15) is 0 Å². The molecule has 0 fully saturated rings. The van der Waals surface area contributed by atoms with Gasteiger partial charge in [0.1, 0.15) is 0 Å². The first kappa shape index (κ1) is 14.7. The average molecular weight is 338 g/mol. The minimum absolute atomic E-state index is 0.136. The summed E-state index contributed by atoms with van der Waals surface area (Å²) < 4.78 is 0. The van der Waals surface area contributed by atoms with Gasteiger partial charge in [-0.1, -0.05) is 54.6 Å². The van der Waals surface area contributed by atoms with E-state index in [4.69, 9.17) is 0 Å². The summed E-state index contributed by atoms with van der Waals surface area (Å²) in [6.07, 6.45) is 0. The molecule has 1 heterocycles. The van der Waals surface area contributed by atoms with Crippen LogP contribution in [-0.2, 0) is 0 Å². The number of H-pyrrole nitrogens is 1. The van der Waals surface area contributed by atoms with Crippen LogP contribution in [0.5, 0.6) is 0 Å². The van der Waals surface area contributed by atoms with Crippen molar-refractivity contribution in [3.05, 3.63) is 89.0 Å². The van der Waals surface area contributed by atoms with Gasteiger partial charge in [-0.25, -0.2) is 0 Å². The number of aromatic amines is 1. The van der Waals surface area contributed by atoms with Gasteiger partial charge >= 0.3 is 0 Å². The summed E-state index contributed by atoms with van der Waals surface area (Å²) in [5.41, 5.74) is 4.13. The number of fused-ring (bicyclic) bond motifs is 4. The van der Waals surface area contributed by atoms with Crippen molar-refractivity contribution >= 4 is 38.3 Å². The Hall–Kier alpha value is -3.66. The van der Waals surface area contributed by atoms with Crippen molar-refractivity contribution in [2.75, 3.05) is 0 Å². The van der Waals surface area contributed by atoms with Gasteiger partial charge in [-0.05, 0) is 34.7 Å². The molecule has 0 amide bonds. The number of nitrogens with one attached hydrogen (secondary N) is 1. The molecule has 4 heteroatoms. The molecule has 0 unspecified atom stereocenters. The number of hydrogen-bond acceptors (Lipinski definition) is 2. The van der Waals surface area contributed by atoms with Crippen LogP contribution in [0.4, 0.5) is 5.69 Å². The Bertz CT molecular complexity index is 1310. The van der Waals surface area contributed by atoms with Gasteiger partial charge in [0.25, 0.3) is 5.69 Å². The zero-order valence-corrected chi connectivity index (χ0v) is 13.8. The Labute approximate surface area is 148 Å². The number of aromatic nitrogens is 1. The third-order valence-corrected chi connectivity index (χ3v) is 4.90. The molecule has 0 aliphatic carbocycles. The lowest BCUT2D eigenvalue weighted by Crippen LogP contribution is -1.91. The lowest BCUT2D eigenvalue weighted by molar-refractivity contribution is -0.383. The number of rotatable bonds is 2. The van der Waals surface area contributed by atoms with E-state index < -0.39 is 0 Å². The van der Waals surface area contributed by atoms with Gasteiger partial charge in [0.15, 0.2) is 0 Å². The average Bonchev–Trinajstić information content (AvgIpc) is 3.05. The quantitative estimate of drug-likeness (QED) is 0.315. The van der Waals surface area contributed by atoms with E-state index in [-0.39, 0.29) is 10.6 Å². The van der Waals surface area contributed by atoms with Crippen LogP contribution in [0.1, 0.15) is 0 Å². The molecule has 0 aliphatic rings. The van der Waals surface area contributed by atoms with E-state index in [1.807, 2.05) is 48.5 Å². The van der Waals surface area contributed by atoms with Crippen LogP contribution in [-0.4, -0.2) is 9.91 Å². The van der Waals surface area contributed by atoms with Gasteiger partial charge < -0.3 is 4.98 Å². The highest BCUT2D eigenvalue weighted by Gasteiger charge is 2.16. The summed E-state index contributed by atoms with van der Waals surface area (Å²) in [5, 5.41) is 15.4. The minimum Gasteiger partial charge on any atom is -0.355 e. The number of benzene rings is 4. The van der Waals surface area contributed by atoms with Crippen LogP contribution in [0.25, 0.3) is 43.7 Å². The zero-order chi connectivity index (χ0) is 17.7. The second kappa shape index (κ2) is 5.43. The maximum atomic E-state index is 11.5. The predicted molar refractivity (Wildman–Crippen MR) is 105 cm³/mol. The van der Waals surface area contributed by atoms with Gasteiger partial charge in [0.2, 0.25) is 0 Å². The molecule has 0 saturated heterocycles. The lowest BCUT2D eigenvalue weighted by atomic mass is 9.96. The maximum absolute atomic E-state index is 11.5. The summed E-state index contributed by atoms with van der Waals surface area (Å²) >= 11 is 0. The van der Waals surface area contributed by atoms with Crippen molar-refractivity contribution in [2.24, 2.45) is 0 Å². The number of nitro groups is 1. The van der Waals surface area contributed by atoms with Gasteiger partial charge in [0.05, 0.1) is 10.3 Å². The Morgan fingerprint density at radius 3 is 2.38 bits per heavy atom. The number of hydrogen-bond donors (Lipinski definition) is 1. The summed E-state index contributed by atoms with van der Waals surface area (Å²) in [6, 6.07) is 25.3. The van der Waals surface area contributed by atoms with Crippen molar-refractivity contribution in [2.45, 2.75) is 0 Å². The smallest absolute Gasteiger partial charge is 0.277 e. The third kappa shape index (κ3) is 2.09. The summed E-state index contributed by atoms with van der Waals surface area (Å²) in [4.78, 5) is 14.7. The summed E-state index contributed by atoms with van der Waals surface area (Å²) in [6.45, 7) is 0. The molecule has 0 saturated carbocycles. The molecule has 4 aromatic carbocycles. The fraction of sp³-hybridized carbons (Fsp3) is 0. The zero-order valence-electron chi connectivity index (χ0n) is 13.8. The molecule has 0 atom stereocenters. The molecule has 1 aromatic heterocycles. The molecule has 5 rings (SSSR count). The van der Waals surface area contributed by atoms with E-state index in [9.17, 15) is 10.1 Å². The fourth-order valence-corrected chi connectivity index (χ4v) is 3.73. The maximum Gasteiger partial charge on any atom is 0.277 e. The van der Waals surface area contributed by atoms with Crippen molar-refractivity contribution in [1.29, 1.82) is 0 Å². The third-order valence-electron chi connectivity index (χ3n) is 4.90. The molecule has 0 aliphatic heterocycles. The van der Waals surface area contributed by atoms with E-state index in [0.717, 1.165) is 38.3 Å². The normalized spacial score (nSPS) is 11.4. The topological polar surface area (TPSA) is 58.9 Å². The molecule has 0 spiro atoms. The molecule has 26 heavy (non-hydrogen) atoms. The van der Waals surface area contributed by atoms with E-state index in [1.54, 1.807) is 12.1 Å². The van der Waals surface area contributed by atoms with Crippen LogP contribution in [0.2, 0.25) is 0 Å². The largest absolute Gasteiger partial charge is 0.355 e. The van der Waals surface area contributed by atoms with E-state index in [1.165, 1.54) is 0 Å². The van der Waals surface area contributed by atoms with Crippen molar-refractivity contribution in [3.63, 3.8) is 0 Å². The number of non-ortho nitro benzene ring substituents is 1. The minimum atomic E-state index is -0.309. The van der Waals surface area contributed by atoms with Gasteiger partial charge in [-0.15, -0.1) is 0 Å². The first-order valence-corrected chi connectivity index (χ1v) is 8.39. The fourth-order valence-electron chi connectivity index (χ4n) is 3.73. The Morgan fingerprint density at radius 2 is 1.54 bits per heavy atom. The molecule has 4 nitrogen and oxygen atoms in total. The van der Waals surface area contributed by atoms with Gasteiger partial charge in [-0.3, -0.25) is 10.1 Å². The Balaban J connectivity index is 1.85. The van der Waals surface area contributed by atoms with Gasteiger partial charge in [0, 0.05) is 27.9 Å². The highest BCUT2D eigenvalue weighted by atomic mass is 16.6. The number of nitro benzene ring substituents is 1. The second-order valence-electron chi connectivity index (χ2n) is 6.37. The Morgan fingerprint density at radius 1 is 0.769 bits per heavy atom. The van der Waals surface area contributed by atoms with Crippen LogP contribution in [0.15, 0.2) is 78.9 Å². The predicted octanol–water partition coefficient (Wildman–Crippen LogP) is 6.05. The molecule has 5 aromatic rings. The molecule has 1 N–H and O–H groups in total. The summed E-state index contributed by atoms with van der Waals surface area (Å²) in [5.74, 6) is 0. The van der Waals surface area contributed by atoms with E-state index in [2.05, 4.69) is 23.2 Å². The Kier molecular flexibility index (Phi) is 3.06. The monoisotopic (exact) mass is 338 g/mol. The van der Waals surface area contributed by atoms with Crippen molar-refractivity contribution < 1.29 is 4.92 Å². The van der Waals surface area contributed by atoms with Crippen LogP contribution in [0, 0.1) is 10.1 Å². The van der Waals surface area contributed by atoms with Crippen LogP contribution in [0.3, 0.4) is 0 Å². The molecule has 0 radical (unpaired) electrons. The first-order chi connectivity index (χ1) is 12.7. The highest BCUT2D eigenvalue weighted by Crippen LogP contribution is 2.37. The van der Waals surface area contributed by atoms with Crippen LogP contribution < -0.4 is 0 Å². The van der Waals surface area contributed by atoms with Crippen molar-refractivity contribution in [1.82, 2.24) is 4.98 Å². The summed E-state index contributed by atoms with van der Waals surface area (Å²) in [7, 11) is 0.